The normalized spacial score (nSPS) is 18.6. The molecule has 5 rings (SSSR count). The van der Waals surface area contributed by atoms with E-state index >= 15 is 0 Å². The van der Waals surface area contributed by atoms with E-state index in [1.54, 1.807) is 0 Å². The van der Waals surface area contributed by atoms with Crippen molar-refractivity contribution in [1.29, 1.82) is 0 Å². The number of aryl methyl sites for hydroxylation is 1. The van der Waals surface area contributed by atoms with E-state index in [4.69, 9.17) is 18.4 Å². The summed E-state index contributed by atoms with van der Waals surface area (Å²) in [4.78, 5) is 0. The molecule has 122 valence electrons. The number of aromatic nitrogens is 3. The van der Waals surface area contributed by atoms with E-state index in [1.807, 2.05) is 18.2 Å². The summed E-state index contributed by atoms with van der Waals surface area (Å²) < 4.78 is 22.0. The zero-order valence-electron chi connectivity index (χ0n) is 13.1. The largest absolute Gasteiger partial charge is 0.454 e. The van der Waals surface area contributed by atoms with Crippen LogP contribution >= 0.6 is 0 Å². The van der Waals surface area contributed by atoms with Gasteiger partial charge in [-0.3, -0.25) is 0 Å². The molecule has 1 aliphatic carbocycles. The van der Waals surface area contributed by atoms with Crippen molar-refractivity contribution < 1.29 is 18.4 Å². The summed E-state index contributed by atoms with van der Waals surface area (Å²) in [6.45, 7) is 2.46. The first-order chi connectivity index (χ1) is 11.8. The highest BCUT2D eigenvalue weighted by Gasteiger charge is 2.27. The molecule has 1 atom stereocenters. The first-order valence-corrected chi connectivity index (χ1v) is 7.99. The van der Waals surface area contributed by atoms with Gasteiger partial charge in [0, 0.05) is 17.5 Å². The Labute approximate surface area is 137 Å². The molecule has 24 heavy (non-hydrogen) atoms. The lowest BCUT2D eigenvalue weighted by Crippen LogP contribution is -2.09. The van der Waals surface area contributed by atoms with E-state index < -0.39 is 0 Å². The second-order valence-electron chi connectivity index (χ2n) is 6.26. The summed E-state index contributed by atoms with van der Waals surface area (Å²) >= 11 is 0. The van der Waals surface area contributed by atoms with E-state index in [0.717, 1.165) is 41.9 Å². The van der Waals surface area contributed by atoms with Gasteiger partial charge in [0.2, 0.25) is 12.7 Å². The van der Waals surface area contributed by atoms with Gasteiger partial charge in [-0.15, -0.1) is 10.2 Å². The molecule has 0 amide bonds. The number of rotatable bonds is 2. The Morgan fingerprint density at radius 1 is 1.08 bits per heavy atom. The molecule has 0 radical (unpaired) electrons. The van der Waals surface area contributed by atoms with Crippen molar-refractivity contribution in [2.75, 3.05) is 6.79 Å². The number of fused-ring (bicyclic) bond motifs is 2. The van der Waals surface area contributed by atoms with Gasteiger partial charge in [-0.1, -0.05) is 12.1 Å². The minimum atomic E-state index is 0.233. The van der Waals surface area contributed by atoms with Crippen LogP contribution < -0.4 is 9.47 Å². The number of benzene rings is 1. The molecule has 0 bridgehead atoms. The van der Waals surface area contributed by atoms with Crippen molar-refractivity contribution in [3.63, 3.8) is 0 Å². The van der Waals surface area contributed by atoms with Crippen molar-refractivity contribution in [3.8, 4) is 34.5 Å². The molecule has 1 aliphatic heterocycles. The van der Waals surface area contributed by atoms with Gasteiger partial charge < -0.3 is 18.4 Å². The Morgan fingerprint density at radius 2 is 1.96 bits per heavy atom. The van der Waals surface area contributed by atoms with Crippen molar-refractivity contribution in [3.05, 3.63) is 29.5 Å². The second kappa shape index (κ2) is 5.09. The monoisotopic (exact) mass is 325 g/mol. The summed E-state index contributed by atoms with van der Waals surface area (Å²) in [5, 5.41) is 12.4. The Kier molecular flexibility index (Phi) is 2.88. The summed E-state index contributed by atoms with van der Waals surface area (Å²) in [6, 6.07) is 5.53. The third-order valence-electron chi connectivity index (χ3n) is 4.53. The van der Waals surface area contributed by atoms with E-state index in [2.05, 4.69) is 22.3 Å². The smallest absolute Gasteiger partial charge is 0.270 e. The molecule has 3 aromatic rings. The van der Waals surface area contributed by atoms with Gasteiger partial charge in [0.05, 0.1) is 0 Å². The van der Waals surface area contributed by atoms with E-state index in [-0.39, 0.29) is 6.79 Å². The van der Waals surface area contributed by atoms with Gasteiger partial charge in [-0.05, 0) is 37.0 Å². The zero-order chi connectivity index (χ0) is 16.1. The van der Waals surface area contributed by atoms with Crippen molar-refractivity contribution in [2.45, 2.75) is 26.2 Å². The van der Waals surface area contributed by atoms with Crippen LogP contribution in [-0.4, -0.2) is 22.1 Å². The highest BCUT2D eigenvalue weighted by molar-refractivity contribution is 5.62. The molecule has 2 aliphatic rings. The molecule has 1 unspecified atom stereocenters. The molecule has 0 fully saturated rings. The molecule has 0 N–H and O–H groups in total. The van der Waals surface area contributed by atoms with E-state index in [1.165, 1.54) is 0 Å². The predicted molar refractivity (Wildman–Crippen MR) is 82.5 cm³/mol. The SMILES string of the molecule is CC1CCc2onc(-c3nnc(-c4ccc5c(c4)OCO5)o3)c2C1. The highest BCUT2D eigenvalue weighted by atomic mass is 16.7. The van der Waals surface area contributed by atoms with Crippen LogP contribution in [0.3, 0.4) is 0 Å². The summed E-state index contributed by atoms with van der Waals surface area (Å²) in [5.74, 6) is 3.75. The lowest BCUT2D eigenvalue weighted by molar-refractivity contribution is 0.174. The first kappa shape index (κ1) is 13.6. The van der Waals surface area contributed by atoms with Gasteiger partial charge in [0.25, 0.3) is 5.89 Å². The predicted octanol–water partition coefficient (Wildman–Crippen LogP) is 3.25. The van der Waals surface area contributed by atoms with E-state index in [9.17, 15) is 0 Å². The van der Waals surface area contributed by atoms with Crippen LogP contribution in [0.2, 0.25) is 0 Å². The molecular formula is C17H15N3O4. The Balaban J connectivity index is 1.51. The van der Waals surface area contributed by atoms with Crippen molar-refractivity contribution in [2.24, 2.45) is 5.92 Å². The second-order valence-corrected chi connectivity index (χ2v) is 6.26. The molecule has 7 nitrogen and oxygen atoms in total. The third-order valence-corrected chi connectivity index (χ3v) is 4.53. The third kappa shape index (κ3) is 2.08. The minimum absolute atomic E-state index is 0.233. The fourth-order valence-corrected chi connectivity index (χ4v) is 3.21. The van der Waals surface area contributed by atoms with Crippen LogP contribution in [0.1, 0.15) is 24.7 Å². The maximum absolute atomic E-state index is 5.83. The molecule has 2 aromatic heterocycles. The zero-order valence-corrected chi connectivity index (χ0v) is 13.1. The lowest BCUT2D eigenvalue weighted by Gasteiger charge is -2.15. The van der Waals surface area contributed by atoms with Crippen molar-refractivity contribution in [1.82, 2.24) is 15.4 Å². The highest BCUT2D eigenvalue weighted by Crippen LogP contribution is 2.37. The fourth-order valence-electron chi connectivity index (χ4n) is 3.21. The molecule has 0 saturated carbocycles. The van der Waals surface area contributed by atoms with E-state index in [0.29, 0.717) is 29.1 Å². The van der Waals surface area contributed by atoms with Gasteiger partial charge in [0.15, 0.2) is 17.2 Å². The number of hydrogen-bond acceptors (Lipinski definition) is 7. The molecule has 0 spiro atoms. The maximum atomic E-state index is 5.83. The average molecular weight is 325 g/mol. The van der Waals surface area contributed by atoms with Crippen LogP contribution in [0.25, 0.3) is 23.0 Å². The molecule has 1 aromatic carbocycles. The Bertz CT molecular complexity index is 914. The molecule has 0 saturated heterocycles. The van der Waals surface area contributed by atoms with Crippen LogP contribution in [-0.2, 0) is 12.8 Å². The van der Waals surface area contributed by atoms with Gasteiger partial charge >= 0.3 is 0 Å². The van der Waals surface area contributed by atoms with Crippen LogP contribution in [0.15, 0.2) is 27.1 Å². The number of ether oxygens (including phenoxy) is 2. The van der Waals surface area contributed by atoms with Gasteiger partial charge in [-0.2, -0.15) is 0 Å². The van der Waals surface area contributed by atoms with Gasteiger partial charge in [-0.25, -0.2) is 0 Å². The molecule has 7 heteroatoms. The fraction of sp³-hybridized carbons (Fsp3) is 0.353. The van der Waals surface area contributed by atoms with Crippen LogP contribution in [0.4, 0.5) is 0 Å². The molecular weight excluding hydrogens is 310 g/mol. The van der Waals surface area contributed by atoms with Crippen LogP contribution in [0.5, 0.6) is 11.5 Å². The lowest BCUT2D eigenvalue weighted by atomic mass is 9.88. The Hall–Kier alpha value is -2.83. The average Bonchev–Trinajstić information content (AvgIpc) is 3.32. The van der Waals surface area contributed by atoms with Crippen molar-refractivity contribution >= 4 is 0 Å². The topological polar surface area (TPSA) is 83.4 Å². The quantitative estimate of drug-likeness (QED) is 0.715. The summed E-state index contributed by atoms with van der Waals surface area (Å²) in [6.07, 6.45) is 2.95. The minimum Gasteiger partial charge on any atom is -0.454 e. The number of nitrogens with zero attached hydrogens (tertiary/aromatic N) is 3. The molecule has 3 heterocycles. The summed E-state index contributed by atoms with van der Waals surface area (Å²) in [7, 11) is 0. The standard InChI is InChI=1S/C17H15N3O4/c1-9-2-4-12-11(6-9)15(20-24-12)17-19-18-16(23-17)10-3-5-13-14(7-10)22-8-21-13/h3,5,7,9H,2,4,6,8H2,1H3. The van der Waals surface area contributed by atoms with Gasteiger partial charge in [0.1, 0.15) is 5.76 Å². The Morgan fingerprint density at radius 3 is 2.92 bits per heavy atom. The number of hydrogen-bond donors (Lipinski definition) is 0. The first-order valence-electron chi connectivity index (χ1n) is 7.99. The van der Waals surface area contributed by atoms with Crippen LogP contribution in [0, 0.1) is 5.92 Å². The maximum Gasteiger partial charge on any atom is 0.270 e. The summed E-state index contributed by atoms with van der Waals surface area (Å²) in [5.41, 5.74) is 2.54.